The van der Waals surface area contributed by atoms with Crippen molar-refractivity contribution in [3.05, 3.63) is 28.3 Å². The third-order valence-electron chi connectivity index (χ3n) is 2.98. The molecule has 5 heteroatoms. The lowest BCUT2D eigenvalue weighted by atomic mass is 10.1. The van der Waals surface area contributed by atoms with Gasteiger partial charge in [0.1, 0.15) is 11.4 Å². The number of nitro benzene ring substituents is 1. The van der Waals surface area contributed by atoms with Gasteiger partial charge in [-0.2, -0.15) is 0 Å². The molecule has 2 N–H and O–H groups in total. The van der Waals surface area contributed by atoms with Gasteiger partial charge in [0.2, 0.25) is 0 Å². The Hall–Kier alpha value is -1.78. The minimum absolute atomic E-state index is 0.120. The van der Waals surface area contributed by atoms with Crippen molar-refractivity contribution >= 4 is 17.1 Å². The zero-order valence-electron chi connectivity index (χ0n) is 11.2. The molecule has 100 valence electrons. The van der Waals surface area contributed by atoms with Crippen molar-refractivity contribution in [1.29, 1.82) is 0 Å². The number of rotatable bonds is 7. The first kappa shape index (κ1) is 14.3. The molecule has 0 amide bonds. The van der Waals surface area contributed by atoms with E-state index in [0.29, 0.717) is 11.4 Å². The highest BCUT2D eigenvalue weighted by molar-refractivity contribution is 5.76. The van der Waals surface area contributed by atoms with Crippen LogP contribution in [0, 0.1) is 10.1 Å². The fourth-order valence-corrected chi connectivity index (χ4v) is 2.01. The summed E-state index contributed by atoms with van der Waals surface area (Å²) in [5.74, 6) is 0. The van der Waals surface area contributed by atoms with Crippen molar-refractivity contribution in [3.8, 4) is 0 Å². The maximum absolute atomic E-state index is 11.2. The molecule has 0 heterocycles. The zero-order chi connectivity index (χ0) is 13.5. The van der Waals surface area contributed by atoms with E-state index in [1.807, 2.05) is 6.07 Å². The van der Waals surface area contributed by atoms with Crippen molar-refractivity contribution in [2.24, 2.45) is 0 Å². The van der Waals surface area contributed by atoms with Crippen LogP contribution < -0.4 is 10.6 Å². The van der Waals surface area contributed by atoms with Gasteiger partial charge in [-0.25, -0.2) is 0 Å². The second kappa shape index (κ2) is 6.83. The monoisotopic (exact) mass is 251 g/mol. The van der Waals surface area contributed by atoms with Gasteiger partial charge in [-0.05, 0) is 25.0 Å². The Bertz CT molecular complexity index is 407. The molecule has 0 aromatic heterocycles. The van der Waals surface area contributed by atoms with Crippen LogP contribution in [0.25, 0.3) is 0 Å². The predicted molar refractivity (Wildman–Crippen MR) is 75.3 cm³/mol. The van der Waals surface area contributed by atoms with Crippen molar-refractivity contribution in [2.75, 3.05) is 17.7 Å². The SMILES string of the molecule is CCCC(CC)Nc1cccc(NC)c1[N+](=O)[O-]. The van der Waals surface area contributed by atoms with E-state index in [9.17, 15) is 10.1 Å². The van der Waals surface area contributed by atoms with Gasteiger partial charge in [0.15, 0.2) is 0 Å². The van der Waals surface area contributed by atoms with Crippen LogP contribution in [0.15, 0.2) is 18.2 Å². The summed E-state index contributed by atoms with van der Waals surface area (Å²) < 4.78 is 0. The first-order valence-corrected chi connectivity index (χ1v) is 6.35. The van der Waals surface area contributed by atoms with Gasteiger partial charge in [0.05, 0.1) is 4.92 Å². The van der Waals surface area contributed by atoms with Gasteiger partial charge in [-0.15, -0.1) is 0 Å². The van der Waals surface area contributed by atoms with Crippen molar-refractivity contribution in [2.45, 2.75) is 39.2 Å². The second-order valence-corrected chi connectivity index (χ2v) is 4.25. The Kier molecular flexibility index (Phi) is 5.42. The lowest BCUT2D eigenvalue weighted by molar-refractivity contribution is -0.383. The van der Waals surface area contributed by atoms with E-state index in [4.69, 9.17) is 0 Å². The molecule has 0 bridgehead atoms. The summed E-state index contributed by atoms with van der Waals surface area (Å²) in [7, 11) is 1.69. The van der Waals surface area contributed by atoms with Crippen LogP contribution in [-0.2, 0) is 0 Å². The molecule has 1 rings (SSSR count). The molecule has 0 aliphatic heterocycles. The molecule has 0 aliphatic rings. The van der Waals surface area contributed by atoms with Crippen molar-refractivity contribution < 1.29 is 4.92 Å². The van der Waals surface area contributed by atoms with E-state index in [2.05, 4.69) is 24.5 Å². The van der Waals surface area contributed by atoms with E-state index < -0.39 is 0 Å². The van der Waals surface area contributed by atoms with Crippen LogP contribution in [0.1, 0.15) is 33.1 Å². The fraction of sp³-hybridized carbons (Fsp3) is 0.538. The number of nitrogens with one attached hydrogen (secondary N) is 2. The molecule has 0 spiro atoms. The molecule has 5 nitrogen and oxygen atoms in total. The summed E-state index contributed by atoms with van der Waals surface area (Å²) in [6, 6.07) is 5.57. The van der Waals surface area contributed by atoms with E-state index in [-0.39, 0.29) is 16.7 Å². The van der Waals surface area contributed by atoms with Gasteiger partial charge in [0, 0.05) is 13.1 Å². The van der Waals surface area contributed by atoms with Crippen LogP contribution in [0.4, 0.5) is 17.1 Å². The zero-order valence-corrected chi connectivity index (χ0v) is 11.2. The molecule has 18 heavy (non-hydrogen) atoms. The highest BCUT2D eigenvalue weighted by atomic mass is 16.6. The van der Waals surface area contributed by atoms with Gasteiger partial charge in [-0.1, -0.05) is 26.3 Å². The van der Waals surface area contributed by atoms with Crippen molar-refractivity contribution in [3.63, 3.8) is 0 Å². The molecule has 0 saturated carbocycles. The van der Waals surface area contributed by atoms with Crippen LogP contribution in [0.3, 0.4) is 0 Å². The molecule has 0 radical (unpaired) electrons. The second-order valence-electron chi connectivity index (χ2n) is 4.25. The summed E-state index contributed by atoms with van der Waals surface area (Å²) in [6.45, 7) is 4.20. The molecule has 1 aromatic carbocycles. The first-order chi connectivity index (χ1) is 8.63. The van der Waals surface area contributed by atoms with Gasteiger partial charge in [0.25, 0.3) is 0 Å². The third-order valence-corrected chi connectivity index (χ3v) is 2.98. The summed E-state index contributed by atoms with van der Waals surface area (Å²) in [6.07, 6.45) is 3.03. The molecule has 1 aromatic rings. The fourth-order valence-electron chi connectivity index (χ4n) is 2.01. The van der Waals surface area contributed by atoms with Gasteiger partial charge >= 0.3 is 5.69 Å². The number of para-hydroxylation sites is 1. The molecule has 1 unspecified atom stereocenters. The van der Waals surface area contributed by atoms with Gasteiger partial charge in [-0.3, -0.25) is 10.1 Å². The maximum atomic E-state index is 11.2. The quantitative estimate of drug-likeness (QED) is 0.573. The summed E-state index contributed by atoms with van der Waals surface area (Å²) in [4.78, 5) is 10.8. The molecule has 1 atom stereocenters. The predicted octanol–water partition coefficient (Wildman–Crippen LogP) is 3.63. The molecule has 0 aliphatic carbocycles. The molecular weight excluding hydrogens is 230 g/mol. The summed E-state index contributed by atoms with van der Waals surface area (Å²) in [5.41, 5.74) is 1.25. The third kappa shape index (κ3) is 3.35. The average Bonchev–Trinajstić information content (AvgIpc) is 2.37. The number of nitro groups is 1. The van der Waals surface area contributed by atoms with Crippen LogP contribution in [0.5, 0.6) is 0 Å². The lowest BCUT2D eigenvalue weighted by Crippen LogP contribution is -2.19. The lowest BCUT2D eigenvalue weighted by Gasteiger charge is -2.18. The number of anilines is 2. The Morgan fingerprint density at radius 1 is 1.33 bits per heavy atom. The molecular formula is C13H21N3O2. The van der Waals surface area contributed by atoms with Crippen LogP contribution in [-0.4, -0.2) is 18.0 Å². The standard InChI is InChI=1S/C13H21N3O2/c1-4-7-10(5-2)15-12-9-6-8-11(14-3)13(12)16(17)18/h6,8-10,14-15H,4-5,7H2,1-3H3. The van der Waals surface area contributed by atoms with E-state index >= 15 is 0 Å². The van der Waals surface area contributed by atoms with E-state index in [1.165, 1.54) is 0 Å². The normalized spacial score (nSPS) is 11.9. The van der Waals surface area contributed by atoms with E-state index in [1.54, 1.807) is 19.2 Å². The van der Waals surface area contributed by atoms with Crippen LogP contribution in [0.2, 0.25) is 0 Å². The topological polar surface area (TPSA) is 67.2 Å². The minimum atomic E-state index is -0.340. The minimum Gasteiger partial charge on any atom is -0.382 e. The Labute approximate surface area is 108 Å². The maximum Gasteiger partial charge on any atom is 0.315 e. The number of benzene rings is 1. The Balaban J connectivity index is 3.03. The van der Waals surface area contributed by atoms with Crippen molar-refractivity contribution in [1.82, 2.24) is 0 Å². The van der Waals surface area contributed by atoms with Gasteiger partial charge < -0.3 is 10.6 Å². The number of hydrogen-bond donors (Lipinski definition) is 2. The molecule has 0 saturated heterocycles. The summed E-state index contributed by atoms with van der Waals surface area (Å²) in [5, 5.41) is 17.3. The highest BCUT2D eigenvalue weighted by Crippen LogP contribution is 2.33. The Morgan fingerprint density at radius 3 is 2.50 bits per heavy atom. The van der Waals surface area contributed by atoms with Crippen LogP contribution >= 0.6 is 0 Å². The number of nitrogens with zero attached hydrogens (tertiary/aromatic N) is 1. The largest absolute Gasteiger partial charge is 0.382 e. The smallest absolute Gasteiger partial charge is 0.315 e. The first-order valence-electron chi connectivity index (χ1n) is 6.35. The Morgan fingerprint density at radius 2 is 2.00 bits per heavy atom. The number of hydrogen-bond acceptors (Lipinski definition) is 4. The molecule has 0 fully saturated rings. The highest BCUT2D eigenvalue weighted by Gasteiger charge is 2.20. The summed E-state index contributed by atoms with van der Waals surface area (Å²) >= 11 is 0. The van der Waals surface area contributed by atoms with E-state index in [0.717, 1.165) is 19.3 Å². The average molecular weight is 251 g/mol.